The van der Waals surface area contributed by atoms with Crippen LogP contribution in [-0.4, -0.2) is 23.9 Å². The van der Waals surface area contributed by atoms with Crippen LogP contribution >= 0.6 is 0 Å². The van der Waals surface area contributed by atoms with Crippen molar-refractivity contribution in [1.29, 1.82) is 0 Å². The zero-order chi connectivity index (χ0) is 24.1. The summed E-state index contributed by atoms with van der Waals surface area (Å²) in [6.07, 6.45) is 6.00. The van der Waals surface area contributed by atoms with Crippen molar-refractivity contribution in [3.63, 3.8) is 0 Å². The third-order valence-electron chi connectivity index (χ3n) is 9.77. The average molecular weight is 475 g/mol. The Kier molecular flexibility index (Phi) is 11.8. The van der Waals surface area contributed by atoms with Gasteiger partial charge >= 0.3 is 6.18 Å². The van der Waals surface area contributed by atoms with E-state index in [-0.39, 0.29) is 5.48 Å². The van der Waals surface area contributed by atoms with E-state index in [1.54, 1.807) is 0 Å². The Bertz CT molecular complexity index is 637. The van der Waals surface area contributed by atoms with Gasteiger partial charge < -0.3 is 10.6 Å². The van der Waals surface area contributed by atoms with E-state index in [2.05, 4.69) is 25.7 Å². The van der Waals surface area contributed by atoms with E-state index in [1.807, 2.05) is 20.8 Å². The van der Waals surface area contributed by atoms with Crippen LogP contribution in [0, 0.1) is 64.6 Å². The number of aliphatic hydroxyl groups is 1. The van der Waals surface area contributed by atoms with Gasteiger partial charge in [-0.05, 0) is 112 Å². The third kappa shape index (κ3) is 6.10. The van der Waals surface area contributed by atoms with Crippen LogP contribution in [0.1, 0.15) is 98.8 Å². The molecule has 0 amide bonds. The standard InChI is InChI=1S/C25H37F3.C2H6.CH4O.H2O/c1-4-5-6-7-22-16(2)14-23-21-10-8-17-15-18(25(26,27)28)9-11-19(17)20(21)12-13-24(22,23)3;2*1-2;/h16-23H,6-15H2,1-3H3;1-2H3;2H,1H3;1H2. The van der Waals surface area contributed by atoms with E-state index in [1.165, 1.54) is 32.1 Å². The number of hydrogen-bond acceptors (Lipinski definition) is 1. The number of hydrogen-bond donors (Lipinski definition) is 1. The largest absolute Gasteiger partial charge is 0.412 e. The van der Waals surface area contributed by atoms with E-state index in [0.29, 0.717) is 36.0 Å². The van der Waals surface area contributed by atoms with Gasteiger partial charge in [0.15, 0.2) is 0 Å². The summed E-state index contributed by atoms with van der Waals surface area (Å²) in [5, 5.41) is 7.00. The topological polar surface area (TPSA) is 51.7 Å². The van der Waals surface area contributed by atoms with Gasteiger partial charge in [-0.25, -0.2) is 0 Å². The van der Waals surface area contributed by atoms with Crippen molar-refractivity contribution in [2.75, 3.05) is 7.11 Å². The number of rotatable bonds is 2. The van der Waals surface area contributed by atoms with Crippen LogP contribution in [0.15, 0.2) is 0 Å². The van der Waals surface area contributed by atoms with Crippen molar-refractivity contribution < 1.29 is 23.8 Å². The molecule has 194 valence electrons. The molecule has 0 radical (unpaired) electrons. The predicted molar refractivity (Wildman–Crippen MR) is 130 cm³/mol. The van der Waals surface area contributed by atoms with Gasteiger partial charge in [-0.3, -0.25) is 0 Å². The summed E-state index contributed by atoms with van der Waals surface area (Å²) in [7, 11) is 1.00. The summed E-state index contributed by atoms with van der Waals surface area (Å²) < 4.78 is 39.8. The molecule has 2 nitrogen and oxygen atoms in total. The third-order valence-corrected chi connectivity index (χ3v) is 9.77. The molecule has 0 heterocycles. The summed E-state index contributed by atoms with van der Waals surface area (Å²) in [5.74, 6) is 10.0. The van der Waals surface area contributed by atoms with Gasteiger partial charge in [0.1, 0.15) is 0 Å². The average Bonchev–Trinajstić information content (AvgIpc) is 3.05. The normalized spacial score (nSPS) is 41.2. The van der Waals surface area contributed by atoms with E-state index in [4.69, 9.17) is 5.11 Å². The maximum atomic E-state index is 13.3. The molecule has 9 atom stereocenters. The van der Waals surface area contributed by atoms with Crippen molar-refractivity contribution in [3.8, 4) is 11.8 Å². The molecule has 9 unspecified atom stereocenters. The van der Waals surface area contributed by atoms with E-state index < -0.39 is 12.1 Å². The quantitative estimate of drug-likeness (QED) is 0.420. The van der Waals surface area contributed by atoms with Crippen molar-refractivity contribution in [3.05, 3.63) is 0 Å². The smallest absolute Gasteiger partial charge is 0.391 e. The minimum absolute atomic E-state index is 0. The molecule has 0 aliphatic heterocycles. The Morgan fingerprint density at radius 1 is 0.939 bits per heavy atom. The molecule has 4 aliphatic rings. The van der Waals surface area contributed by atoms with Gasteiger partial charge in [-0.2, -0.15) is 13.2 Å². The van der Waals surface area contributed by atoms with E-state index in [9.17, 15) is 13.2 Å². The summed E-state index contributed by atoms with van der Waals surface area (Å²) in [6.45, 7) is 10.9. The van der Waals surface area contributed by atoms with E-state index >= 15 is 0 Å². The second kappa shape index (κ2) is 12.8. The maximum absolute atomic E-state index is 13.3. The maximum Gasteiger partial charge on any atom is 0.391 e. The fourth-order valence-corrected chi connectivity index (χ4v) is 8.58. The van der Waals surface area contributed by atoms with Crippen molar-refractivity contribution in [2.45, 2.75) is 105 Å². The first-order valence-corrected chi connectivity index (χ1v) is 13.2. The molecule has 3 N–H and O–H groups in total. The highest BCUT2D eigenvalue weighted by Crippen LogP contribution is 2.66. The fourth-order valence-electron chi connectivity index (χ4n) is 8.58. The molecule has 0 spiro atoms. The molecule has 4 aliphatic carbocycles. The van der Waals surface area contributed by atoms with Gasteiger partial charge in [-0.1, -0.05) is 27.7 Å². The second-order valence-corrected chi connectivity index (χ2v) is 10.8. The zero-order valence-electron chi connectivity index (χ0n) is 21.8. The van der Waals surface area contributed by atoms with Crippen molar-refractivity contribution in [1.82, 2.24) is 0 Å². The second-order valence-electron chi connectivity index (χ2n) is 10.8. The van der Waals surface area contributed by atoms with Crippen LogP contribution in [0.3, 0.4) is 0 Å². The summed E-state index contributed by atoms with van der Waals surface area (Å²) in [4.78, 5) is 0. The monoisotopic (exact) mass is 474 g/mol. The lowest BCUT2D eigenvalue weighted by Gasteiger charge is -2.56. The Morgan fingerprint density at radius 2 is 1.58 bits per heavy atom. The van der Waals surface area contributed by atoms with Gasteiger partial charge in [0.25, 0.3) is 0 Å². The lowest BCUT2D eigenvalue weighted by atomic mass is 9.49. The van der Waals surface area contributed by atoms with Crippen LogP contribution in [-0.2, 0) is 0 Å². The van der Waals surface area contributed by atoms with Crippen LogP contribution in [0.5, 0.6) is 0 Å². The molecular weight excluding hydrogens is 425 g/mol. The van der Waals surface area contributed by atoms with Crippen molar-refractivity contribution >= 4 is 0 Å². The highest BCUT2D eigenvalue weighted by atomic mass is 19.4. The molecule has 0 aromatic heterocycles. The number of halogens is 3. The number of fused-ring (bicyclic) bond motifs is 5. The van der Waals surface area contributed by atoms with Gasteiger partial charge in [-0.15, -0.1) is 11.8 Å². The van der Waals surface area contributed by atoms with Crippen molar-refractivity contribution in [2.24, 2.45) is 52.8 Å². The van der Waals surface area contributed by atoms with Gasteiger partial charge in [0.05, 0.1) is 5.92 Å². The molecular formula is C28H49F3O2. The van der Waals surface area contributed by atoms with Gasteiger partial charge in [0.2, 0.25) is 0 Å². The van der Waals surface area contributed by atoms with E-state index in [0.717, 1.165) is 50.0 Å². The number of aliphatic hydroxyl groups excluding tert-OH is 1. The first kappa shape index (κ1) is 30.3. The van der Waals surface area contributed by atoms with Crippen LogP contribution < -0.4 is 0 Å². The number of alkyl halides is 3. The summed E-state index contributed by atoms with van der Waals surface area (Å²) in [5.41, 5.74) is 0.437. The molecule has 0 bridgehead atoms. The first-order chi connectivity index (χ1) is 15.3. The molecule has 0 aromatic rings. The first-order valence-electron chi connectivity index (χ1n) is 13.2. The zero-order valence-corrected chi connectivity index (χ0v) is 21.8. The summed E-state index contributed by atoms with van der Waals surface area (Å²) in [6, 6.07) is 0. The SMILES string of the molecule is CC.CC#CCCC1C(C)CC2C3CCC4CC(C(F)(F)F)CCC4C3CCC12C.CO.O. The lowest BCUT2D eigenvalue weighted by molar-refractivity contribution is -0.196. The highest BCUT2D eigenvalue weighted by molar-refractivity contribution is 5.08. The Hall–Kier alpha value is -0.730. The predicted octanol–water partition coefficient (Wildman–Crippen LogP) is 7.29. The minimum Gasteiger partial charge on any atom is -0.412 e. The Labute approximate surface area is 200 Å². The Morgan fingerprint density at radius 3 is 2.18 bits per heavy atom. The molecule has 0 saturated heterocycles. The van der Waals surface area contributed by atoms with Crippen LogP contribution in [0.4, 0.5) is 13.2 Å². The fraction of sp³-hybridized carbons (Fsp3) is 0.929. The lowest BCUT2D eigenvalue weighted by Crippen LogP contribution is -2.49. The summed E-state index contributed by atoms with van der Waals surface area (Å²) >= 11 is 0. The Balaban J connectivity index is 0.00000103. The van der Waals surface area contributed by atoms with Crippen LogP contribution in [0.25, 0.3) is 0 Å². The molecule has 4 fully saturated rings. The molecule has 33 heavy (non-hydrogen) atoms. The molecule has 4 saturated carbocycles. The molecule has 4 rings (SSSR count). The molecule has 5 heteroatoms. The molecule has 0 aromatic carbocycles. The minimum atomic E-state index is -3.98. The van der Waals surface area contributed by atoms with Crippen LogP contribution in [0.2, 0.25) is 0 Å². The van der Waals surface area contributed by atoms with Gasteiger partial charge in [0, 0.05) is 13.5 Å². The highest BCUT2D eigenvalue weighted by Gasteiger charge is 2.59.